The van der Waals surface area contributed by atoms with Gasteiger partial charge < -0.3 is 23.5 Å². The first kappa shape index (κ1) is 20.7. The first-order chi connectivity index (χ1) is 15.5. The van der Waals surface area contributed by atoms with Gasteiger partial charge in [0, 0.05) is 38.2 Å². The smallest absolute Gasteiger partial charge is 0.412 e. The van der Waals surface area contributed by atoms with Gasteiger partial charge in [0.25, 0.3) is 5.91 Å². The van der Waals surface area contributed by atoms with Crippen LogP contribution in [0.1, 0.15) is 43.1 Å². The molecule has 2 fully saturated rings. The molecule has 0 spiro atoms. The molecule has 0 saturated heterocycles. The van der Waals surface area contributed by atoms with Gasteiger partial charge in [0.15, 0.2) is 5.82 Å². The lowest BCUT2D eigenvalue weighted by Crippen LogP contribution is -2.36. The number of ether oxygens (including phenoxy) is 2. The molecule has 0 aliphatic heterocycles. The van der Waals surface area contributed by atoms with Crippen molar-refractivity contribution in [1.29, 1.82) is 0 Å². The van der Waals surface area contributed by atoms with Gasteiger partial charge in [0.05, 0.1) is 18.5 Å². The van der Waals surface area contributed by atoms with Gasteiger partial charge in [-0.3, -0.25) is 10.1 Å². The summed E-state index contributed by atoms with van der Waals surface area (Å²) in [7, 11) is 3.43. The van der Waals surface area contributed by atoms with E-state index in [1.807, 2.05) is 29.2 Å². The zero-order valence-electron chi connectivity index (χ0n) is 18.6. The molecule has 2 aliphatic rings. The zero-order chi connectivity index (χ0) is 22.4. The van der Waals surface area contributed by atoms with Gasteiger partial charge in [-0.1, -0.05) is 0 Å². The highest BCUT2D eigenvalue weighted by Crippen LogP contribution is 2.39. The predicted molar refractivity (Wildman–Crippen MR) is 119 cm³/mol. The van der Waals surface area contributed by atoms with E-state index in [2.05, 4.69) is 15.2 Å². The minimum absolute atomic E-state index is 0.0682. The molecule has 2 aliphatic carbocycles. The Balaban J connectivity index is 1.58. The van der Waals surface area contributed by atoms with Gasteiger partial charge in [-0.25, -0.2) is 14.8 Å². The number of nitrogens with zero attached hydrogens (tertiary/aromatic N) is 5. The summed E-state index contributed by atoms with van der Waals surface area (Å²) < 4.78 is 13.9. The van der Waals surface area contributed by atoms with Crippen molar-refractivity contribution < 1.29 is 19.1 Å². The van der Waals surface area contributed by atoms with Crippen molar-refractivity contribution in [2.75, 3.05) is 25.6 Å². The molecule has 170 valence electrons. The number of hydrogen-bond acceptors (Lipinski definition) is 6. The summed E-state index contributed by atoms with van der Waals surface area (Å²) in [5.41, 5.74) is 2.65. The minimum Gasteiger partial charge on any atom is -0.447 e. The summed E-state index contributed by atoms with van der Waals surface area (Å²) in [6.45, 7) is 3.03. The fourth-order valence-corrected chi connectivity index (χ4v) is 4.32. The van der Waals surface area contributed by atoms with Gasteiger partial charge in [0.2, 0.25) is 0 Å². The Morgan fingerprint density at radius 1 is 1.22 bits per heavy atom. The van der Waals surface area contributed by atoms with Crippen LogP contribution >= 0.6 is 0 Å². The molecule has 0 radical (unpaired) electrons. The van der Waals surface area contributed by atoms with Gasteiger partial charge in [0.1, 0.15) is 23.5 Å². The second-order valence-electron chi connectivity index (χ2n) is 8.45. The van der Waals surface area contributed by atoms with E-state index >= 15 is 0 Å². The van der Waals surface area contributed by atoms with Crippen LogP contribution in [-0.2, 0) is 23.1 Å². The van der Waals surface area contributed by atoms with Crippen molar-refractivity contribution in [3.8, 4) is 0 Å². The van der Waals surface area contributed by atoms with Crippen molar-refractivity contribution in [2.24, 2.45) is 7.05 Å². The zero-order valence-corrected chi connectivity index (χ0v) is 18.6. The molecular formula is C22H28N6O4. The highest BCUT2D eigenvalue weighted by Gasteiger charge is 2.43. The number of hydrogen-bond donors (Lipinski definition) is 1. The largest absolute Gasteiger partial charge is 0.447 e. The Bertz CT molecular complexity index is 1180. The average molecular weight is 441 g/mol. The molecule has 1 N–H and O–H groups in total. The third-order valence-electron chi connectivity index (χ3n) is 6.09. The molecule has 10 heteroatoms. The molecule has 3 aromatic rings. The molecule has 32 heavy (non-hydrogen) atoms. The van der Waals surface area contributed by atoms with E-state index in [-0.39, 0.29) is 12.5 Å². The lowest BCUT2D eigenvalue weighted by molar-refractivity contribution is 0.0719. The number of fused-ring (bicyclic) bond motifs is 3. The van der Waals surface area contributed by atoms with Crippen LogP contribution in [0.15, 0.2) is 12.4 Å². The highest BCUT2D eigenvalue weighted by molar-refractivity contribution is 6.11. The van der Waals surface area contributed by atoms with Crippen LogP contribution in [0.25, 0.3) is 22.1 Å². The Hall–Kier alpha value is -3.14. The van der Waals surface area contributed by atoms with E-state index in [0.717, 1.165) is 36.6 Å². The monoisotopic (exact) mass is 440 g/mol. The van der Waals surface area contributed by atoms with Crippen molar-refractivity contribution in [1.82, 2.24) is 24.0 Å². The second-order valence-corrected chi connectivity index (χ2v) is 8.45. The number of rotatable bonds is 8. The molecule has 0 unspecified atom stereocenters. The van der Waals surface area contributed by atoms with Gasteiger partial charge in [-0.2, -0.15) is 0 Å². The average Bonchev–Trinajstić information content (AvgIpc) is 3.70. The van der Waals surface area contributed by atoms with Gasteiger partial charge in [-0.05, 0) is 38.7 Å². The standard InChI is InChI=1S/C22H28N6O4/c1-4-27-16(21(29)28(13-5-6-13)14-7-8-14)11-15-18-17(23-12-26(18)2)19(24-20(15)27)25-22(30)32-10-9-31-3/h11-14H,4-10H2,1-3H3,(H,24,25,30). The van der Waals surface area contributed by atoms with E-state index in [1.54, 1.807) is 13.4 Å². The molecule has 2 amide bonds. The minimum atomic E-state index is -0.625. The predicted octanol–water partition coefficient (Wildman–Crippen LogP) is 2.90. The number of carbonyl (C=O) groups excluding carboxylic acids is 2. The molecule has 10 nitrogen and oxygen atoms in total. The lowest BCUT2D eigenvalue weighted by Gasteiger charge is -2.22. The van der Waals surface area contributed by atoms with Crippen molar-refractivity contribution >= 4 is 39.9 Å². The number of methoxy groups -OCH3 is 1. The Morgan fingerprint density at radius 2 is 1.94 bits per heavy atom. The van der Waals surface area contributed by atoms with Crippen molar-refractivity contribution in [3.05, 3.63) is 18.1 Å². The van der Waals surface area contributed by atoms with E-state index < -0.39 is 6.09 Å². The SMILES string of the molecule is CCn1c(C(=O)N(C2CC2)C2CC2)cc2c3c(ncn3C)c(NC(=O)OCCOC)nc21. The number of anilines is 1. The maximum atomic E-state index is 13.6. The van der Waals surface area contributed by atoms with Crippen molar-refractivity contribution in [2.45, 2.75) is 51.2 Å². The molecule has 0 aromatic carbocycles. The van der Waals surface area contributed by atoms with Crippen LogP contribution in [0, 0.1) is 0 Å². The van der Waals surface area contributed by atoms with Crippen LogP contribution in [0.3, 0.4) is 0 Å². The number of aryl methyl sites for hydroxylation is 2. The Morgan fingerprint density at radius 3 is 2.56 bits per heavy atom. The fourth-order valence-electron chi connectivity index (χ4n) is 4.32. The summed E-state index contributed by atoms with van der Waals surface area (Å²) >= 11 is 0. The summed E-state index contributed by atoms with van der Waals surface area (Å²) in [5.74, 6) is 0.377. The Labute approximate surface area is 185 Å². The van der Waals surface area contributed by atoms with E-state index in [4.69, 9.17) is 14.5 Å². The van der Waals surface area contributed by atoms with E-state index in [9.17, 15) is 9.59 Å². The number of pyridine rings is 1. The third kappa shape index (κ3) is 3.58. The number of carbonyl (C=O) groups is 2. The molecular weight excluding hydrogens is 412 g/mol. The fraction of sp³-hybridized carbons (Fsp3) is 0.545. The number of imidazole rings is 1. The second kappa shape index (κ2) is 8.09. The first-order valence-electron chi connectivity index (χ1n) is 11.1. The van der Waals surface area contributed by atoms with Crippen LogP contribution < -0.4 is 5.32 Å². The molecule has 0 bridgehead atoms. The van der Waals surface area contributed by atoms with Gasteiger partial charge >= 0.3 is 6.09 Å². The summed E-state index contributed by atoms with van der Waals surface area (Å²) in [6.07, 6.45) is 5.38. The maximum Gasteiger partial charge on any atom is 0.412 e. The Kier molecular flexibility index (Phi) is 5.24. The summed E-state index contributed by atoms with van der Waals surface area (Å²) in [5, 5.41) is 3.55. The van der Waals surface area contributed by atoms with Crippen molar-refractivity contribution in [3.63, 3.8) is 0 Å². The van der Waals surface area contributed by atoms with E-state index in [0.29, 0.717) is 47.9 Å². The van der Waals surface area contributed by atoms with Crippen LogP contribution in [0.4, 0.5) is 10.6 Å². The molecule has 2 saturated carbocycles. The van der Waals surface area contributed by atoms with Gasteiger partial charge in [-0.15, -0.1) is 0 Å². The van der Waals surface area contributed by atoms with Crippen LogP contribution in [-0.4, -0.2) is 68.4 Å². The van der Waals surface area contributed by atoms with Crippen LogP contribution in [0.5, 0.6) is 0 Å². The number of amides is 2. The third-order valence-corrected chi connectivity index (χ3v) is 6.09. The molecule has 0 atom stereocenters. The number of aromatic nitrogens is 4. The molecule has 3 aromatic heterocycles. The number of nitrogens with one attached hydrogen (secondary N) is 1. The highest BCUT2D eigenvalue weighted by atomic mass is 16.6. The quantitative estimate of drug-likeness (QED) is 0.540. The first-order valence-corrected chi connectivity index (χ1v) is 11.1. The lowest BCUT2D eigenvalue weighted by atomic mass is 10.2. The molecule has 3 heterocycles. The van der Waals surface area contributed by atoms with Crippen LogP contribution in [0.2, 0.25) is 0 Å². The topological polar surface area (TPSA) is 104 Å². The maximum absolute atomic E-state index is 13.6. The summed E-state index contributed by atoms with van der Waals surface area (Å²) in [4.78, 5) is 37.1. The summed E-state index contributed by atoms with van der Waals surface area (Å²) in [6, 6.07) is 2.65. The molecule has 5 rings (SSSR count). The normalized spacial score (nSPS) is 16.0. The van der Waals surface area contributed by atoms with E-state index in [1.165, 1.54) is 0 Å².